The van der Waals surface area contributed by atoms with Gasteiger partial charge in [0.05, 0.1) is 17.3 Å². The number of hydrogen-bond acceptors (Lipinski definition) is 4. The first kappa shape index (κ1) is 19.1. The van der Waals surface area contributed by atoms with E-state index in [9.17, 15) is 14.4 Å². The highest BCUT2D eigenvalue weighted by Crippen LogP contribution is 2.19. The third-order valence-electron chi connectivity index (χ3n) is 4.61. The Bertz CT molecular complexity index is 784. The standard InChI is InChI=1S/C20H23N3O3S/c1-15(24)21-17(16-6-3-2-4-7-16)14-19(25)22-9-11-23(12-10-22)20(26)18-8-5-13-27-18/h2-8,13,17H,9-12,14H2,1H3,(H,21,24)/t17-/m0/s1. The van der Waals surface area contributed by atoms with Gasteiger partial charge >= 0.3 is 0 Å². The summed E-state index contributed by atoms with van der Waals surface area (Å²) < 4.78 is 0. The van der Waals surface area contributed by atoms with Crippen molar-refractivity contribution in [3.8, 4) is 0 Å². The molecular weight excluding hydrogens is 362 g/mol. The van der Waals surface area contributed by atoms with Gasteiger partial charge in [0.25, 0.3) is 5.91 Å². The largest absolute Gasteiger partial charge is 0.349 e. The summed E-state index contributed by atoms with van der Waals surface area (Å²) in [5.74, 6) is -0.152. The SMILES string of the molecule is CC(=O)N[C@@H](CC(=O)N1CCN(C(=O)c2cccs2)CC1)c1ccccc1. The highest BCUT2D eigenvalue weighted by atomic mass is 32.1. The molecule has 0 bridgehead atoms. The summed E-state index contributed by atoms with van der Waals surface area (Å²) in [4.78, 5) is 41.0. The molecular formula is C20H23N3O3S. The summed E-state index contributed by atoms with van der Waals surface area (Å²) in [6.45, 7) is 3.53. The van der Waals surface area contributed by atoms with Crippen LogP contribution in [0, 0.1) is 0 Å². The Morgan fingerprint density at radius 3 is 2.26 bits per heavy atom. The summed E-state index contributed by atoms with van der Waals surface area (Å²) in [5, 5.41) is 4.75. The van der Waals surface area contributed by atoms with Crippen LogP contribution in [0.25, 0.3) is 0 Å². The van der Waals surface area contributed by atoms with Gasteiger partial charge < -0.3 is 15.1 Å². The molecule has 7 heteroatoms. The van der Waals surface area contributed by atoms with Crippen LogP contribution in [0.5, 0.6) is 0 Å². The Morgan fingerprint density at radius 1 is 1.00 bits per heavy atom. The number of hydrogen-bond donors (Lipinski definition) is 1. The first-order valence-corrected chi connectivity index (χ1v) is 9.85. The van der Waals surface area contributed by atoms with Gasteiger partial charge in [0.15, 0.2) is 0 Å². The van der Waals surface area contributed by atoms with Crippen LogP contribution in [0.3, 0.4) is 0 Å². The number of carbonyl (C=O) groups excluding carboxylic acids is 3. The van der Waals surface area contributed by atoms with Gasteiger partial charge in [0, 0.05) is 33.1 Å². The van der Waals surface area contributed by atoms with Gasteiger partial charge in [0.1, 0.15) is 0 Å². The molecule has 1 aromatic carbocycles. The molecule has 2 heterocycles. The van der Waals surface area contributed by atoms with E-state index < -0.39 is 0 Å². The minimum absolute atomic E-state index is 0.0131. The lowest BCUT2D eigenvalue weighted by Crippen LogP contribution is -2.51. The second kappa shape index (κ2) is 8.81. The van der Waals surface area contributed by atoms with Crippen molar-refractivity contribution >= 4 is 29.1 Å². The normalized spacial score (nSPS) is 15.3. The van der Waals surface area contributed by atoms with Crippen LogP contribution in [0.15, 0.2) is 47.8 Å². The molecule has 142 valence electrons. The van der Waals surface area contributed by atoms with Crippen molar-refractivity contribution in [2.45, 2.75) is 19.4 Å². The lowest BCUT2D eigenvalue weighted by atomic mass is 10.0. The molecule has 0 unspecified atom stereocenters. The van der Waals surface area contributed by atoms with Crippen molar-refractivity contribution < 1.29 is 14.4 Å². The van der Waals surface area contributed by atoms with Crippen molar-refractivity contribution in [2.24, 2.45) is 0 Å². The Hall–Kier alpha value is -2.67. The highest BCUT2D eigenvalue weighted by molar-refractivity contribution is 7.12. The highest BCUT2D eigenvalue weighted by Gasteiger charge is 2.27. The van der Waals surface area contributed by atoms with Crippen molar-refractivity contribution in [2.75, 3.05) is 26.2 Å². The molecule has 1 atom stereocenters. The van der Waals surface area contributed by atoms with Crippen LogP contribution in [-0.4, -0.2) is 53.7 Å². The van der Waals surface area contributed by atoms with Crippen molar-refractivity contribution in [1.82, 2.24) is 15.1 Å². The zero-order valence-electron chi connectivity index (χ0n) is 15.3. The molecule has 1 saturated heterocycles. The summed E-state index contributed by atoms with van der Waals surface area (Å²) in [7, 11) is 0. The zero-order chi connectivity index (χ0) is 19.2. The summed E-state index contributed by atoms with van der Waals surface area (Å²) in [5.41, 5.74) is 0.910. The first-order chi connectivity index (χ1) is 13.0. The van der Waals surface area contributed by atoms with Crippen LogP contribution in [0.4, 0.5) is 0 Å². The van der Waals surface area contributed by atoms with Crippen LogP contribution < -0.4 is 5.32 Å². The Kier molecular flexibility index (Phi) is 6.24. The van der Waals surface area contributed by atoms with Gasteiger partial charge in [-0.1, -0.05) is 36.4 Å². The molecule has 0 radical (unpaired) electrons. The third-order valence-corrected chi connectivity index (χ3v) is 5.47. The van der Waals surface area contributed by atoms with E-state index in [-0.39, 0.29) is 30.2 Å². The molecule has 0 saturated carbocycles. The maximum absolute atomic E-state index is 12.7. The van der Waals surface area contributed by atoms with Gasteiger partial charge in [-0.15, -0.1) is 11.3 Å². The van der Waals surface area contributed by atoms with Crippen LogP contribution >= 0.6 is 11.3 Å². The number of thiophene rings is 1. The topological polar surface area (TPSA) is 69.7 Å². The van der Waals surface area contributed by atoms with Crippen molar-refractivity contribution in [3.63, 3.8) is 0 Å². The van der Waals surface area contributed by atoms with E-state index in [1.807, 2.05) is 47.8 Å². The van der Waals surface area contributed by atoms with E-state index >= 15 is 0 Å². The summed E-state index contributed by atoms with van der Waals surface area (Å²) >= 11 is 1.43. The van der Waals surface area contributed by atoms with Crippen LogP contribution in [0.1, 0.15) is 34.6 Å². The molecule has 3 rings (SSSR count). The average Bonchev–Trinajstić information content (AvgIpc) is 3.22. The molecule has 1 aliphatic rings. The first-order valence-electron chi connectivity index (χ1n) is 8.97. The molecule has 1 N–H and O–H groups in total. The van der Waals surface area contributed by atoms with Crippen molar-refractivity contribution in [3.05, 3.63) is 58.3 Å². The second-order valence-corrected chi connectivity index (χ2v) is 7.47. The third kappa shape index (κ3) is 4.95. The fourth-order valence-corrected chi connectivity index (χ4v) is 3.89. The van der Waals surface area contributed by atoms with Gasteiger partial charge in [-0.05, 0) is 17.0 Å². The molecule has 3 amide bonds. The molecule has 1 fully saturated rings. The predicted octanol–water partition coefficient (Wildman–Crippen LogP) is 2.30. The lowest BCUT2D eigenvalue weighted by molar-refractivity contribution is -0.133. The van der Waals surface area contributed by atoms with E-state index in [2.05, 4.69) is 5.32 Å². The molecule has 0 spiro atoms. The Morgan fingerprint density at radius 2 is 1.67 bits per heavy atom. The molecule has 0 aliphatic carbocycles. The molecule has 6 nitrogen and oxygen atoms in total. The van der Waals surface area contributed by atoms with E-state index in [4.69, 9.17) is 0 Å². The van der Waals surface area contributed by atoms with Gasteiger partial charge in [-0.25, -0.2) is 0 Å². The number of amides is 3. The van der Waals surface area contributed by atoms with E-state index in [0.717, 1.165) is 10.4 Å². The number of nitrogens with zero attached hydrogens (tertiary/aromatic N) is 2. The van der Waals surface area contributed by atoms with Gasteiger partial charge in [-0.3, -0.25) is 14.4 Å². The fourth-order valence-electron chi connectivity index (χ4n) is 3.20. The maximum atomic E-state index is 12.7. The maximum Gasteiger partial charge on any atom is 0.264 e. The monoisotopic (exact) mass is 385 g/mol. The number of piperazine rings is 1. The van der Waals surface area contributed by atoms with Gasteiger partial charge in [-0.2, -0.15) is 0 Å². The second-order valence-electron chi connectivity index (χ2n) is 6.52. The predicted molar refractivity (Wildman–Crippen MR) is 104 cm³/mol. The minimum atomic E-state index is -0.345. The van der Waals surface area contributed by atoms with Crippen molar-refractivity contribution in [1.29, 1.82) is 0 Å². The van der Waals surface area contributed by atoms with E-state index in [1.165, 1.54) is 18.3 Å². The number of rotatable bonds is 5. The summed E-state index contributed by atoms with van der Waals surface area (Å²) in [6.07, 6.45) is 0.211. The number of carbonyl (C=O) groups is 3. The quantitative estimate of drug-likeness (QED) is 0.859. The average molecular weight is 385 g/mol. The Balaban J connectivity index is 1.58. The number of nitrogens with one attached hydrogen (secondary N) is 1. The van der Waals surface area contributed by atoms with Crippen LogP contribution in [0.2, 0.25) is 0 Å². The number of benzene rings is 1. The smallest absolute Gasteiger partial charge is 0.264 e. The summed E-state index contributed by atoms with van der Waals surface area (Å²) in [6, 6.07) is 12.8. The van der Waals surface area contributed by atoms with Crippen LogP contribution in [-0.2, 0) is 9.59 Å². The zero-order valence-corrected chi connectivity index (χ0v) is 16.1. The van der Waals surface area contributed by atoms with Gasteiger partial charge in [0.2, 0.25) is 11.8 Å². The Labute approximate surface area is 162 Å². The minimum Gasteiger partial charge on any atom is -0.349 e. The molecule has 2 aromatic rings. The fraction of sp³-hybridized carbons (Fsp3) is 0.350. The van der Waals surface area contributed by atoms with E-state index in [1.54, 1.807) is 9.80 Å². The molecule has 27 heavy (non-hydrogen) atoms. The molecule has 1 aromatic heterocycles. The molecule has 1 aliphatic heterocycles. The van der Waals surface area contributed by atoms with E-state index in [0.29, 0.717) is 26.2 Å². The lowest BCUT2D eigenvalue weighted by Gasteiger charge is -2.35.